The Labute approximate surface area is 104 Å². The van der Waals surface area contributed by atoms with E-state index in [9.17, 15) is 5.11 Å². The summed E-state index contributed by atoms with van der Waals surface area (Å²) in [6.07, 6.45) is 0.248. The van der Waals surface area contributed by atoms with Crippen molar-refractivity contribution in [1.29, 1.82) is 0 Å². The van der Waals surface area contributed by atoms with Crippen LogP contribution in [-0.4, -0.2) is 37.8 Å². The van der Waals surface area contributed by atoms with E-state index in [1.54, 1.807) is 7.11 Å². The van der Waals surface area contributed by atoms with E-state index in [-0.39, 0.29) is 0 Å². The SMILES string of the molecule is COc1c(C(O)CCN(C)C)ccc(C)c1C. The zero-order chi connectivity index (χ0) is 13.0. The quantitative estimate of drug-likeness (QED) is 0.853. The second-order valence-electron chi connectivity index (χ2n) is 4.74. The molecule has 0 aromatic heterocycles. The standard InChI is InChI=1S/C14H23NO2/c1-10-6-7-12(14(17-5)11(10)2)13(16)8-9-15(3)4/h6-7,13,16H,8-9H2,1-5H3. The van der Waals surface area contributed by atoms with Crippen molar-refractivity contribution in [3.63, 3.8) is 0 Å². The van der Waals surface area contributed by atoms with Crippen molar-refractivity contribution >= 4 is 0 Å². The monoisotopic (exact) mass is 237 g/mol. The van der Waals surface area contributed by atoms with Gasteiger partial charge < -0.3 is 14.7 Å². The number of nitrogens with zero attached hydrogens (tertiary/aromatic N) is 1. The molecule has 0 aliphatic rings. The van der Waals surface area contributed by atoms with Gasteiger partial charge in [0.15, 0.2) is 0 Å². The number of aryl methyl sites for hydroxylation is 1. The van der Waals surface area contributed by atoms with Gasteiger partial charge >= 0.3 is 0 Å². The highest BCUT2D eigenvalue weighted by atomic mass is 16.5. The molecule has 96 valence electrons. The molecule has 0 heterocycles. The molecule has 1 N–H and O–H groups in total. The number of methoxy groups -OCH3 is 1. The fourth-order valence-electron chi connectivity index (χ4n) is 1.88. The number of aliphatic hydroxyl groups excluding tert-OH is 1. The van der Waals surface area contributed by atoms with Crippen molar-refractivity contribution < 1.29 is 9.84 Å². The lowest BCUT2D eigenvalue weighted by Crippen LogP contribution is -2.16. The van der Waals surface area contributed by atoms with Crippen LogP contribution in [0.4, 0.5) is 0 Å². The molecule has 0 saturated carbocycles. The molecule has 1 aromatic rings. The van der Waals surface area contributed by atoms with Crippen LogP contribution < -0.4 is 4.74 Å². The van der Waals surface area contributed by atoms with Gasteiger partial charge in [-0.2, -0.15) is 0 Å². The van der Waals surface area contributed by atoms with Crippen molar-refractivity contribution in [2.24, 2.45) is 0 Å². The van der Waals surface area contributed by atoms with Gasteiger partial charge in [-0.25, -0.2) is 0 Å². The van der Waals surface area contributed by atoms with Gasteiger partial charge in [-0.15, -0.1) is 0 Å². The van der Waals surface area contributed by atoms with Gasteiger partial charge in [-0.1, -0.05) is 12.1 Å². The smallest absolute Gasteiger partial charge is 0.127 e. The molecule has 0 spiro atoms. The number of hydrogen-bond donors (Lipinski definition) is 1. The molecular formula is C14H23NO2. The van der Waals surface area contributed by atoms with Crippen LogP contribution in [0.3, 0.4) is 0 Å². The number of benzene rings is 1. The van der Waals surface area contributed by atoms with Crippen LogP contribution >= 0.6 is 0 Å². The maximum atomic E-state index is 10.2. The fraction of sp³-hybridized carbons (Fsp3) is 0.571. The molecule has 0 saturated heterocycles. The summed E-state index contributed by atoms with van der Waals surface area (Å²) < 4.78 is 5.41. The third-order valence-corrected chi connectivity index (χ3v) is 3.12. The van der Waals surface area contributed by atoms with Gasteiger partial charge in [0.2, 0.25) is 0 Å². The van der Waals surface area contributed by atoms with E-state index >= 15 is 0 Å². The van der Waals surface area contributed by atoms with Crippen molar-refractivity contribution in [2.75, 3.05) is 27.7 Å². The van der Waals surface area contributed by atoms with Gasteiger partial charge in [0, 0.05) is 12.1 Å². The second kappa shape index (κ2) is 6.03. The normalized spacial score (nSPS) is 12.9. The molecule has 1 unspecified atom stereocenters. The average Bonchev–Trinajstić information content (AvgIpc) is 2.29. The van der Waals surface area contributed by atoms with E-state index in [2.05, 4.69) is 4.90 Å². The number of ether oxygens (including phenoxy) is 1. The topological polar surface area (TPSA) is 32.7 Å². The second-order valence-corrected chi connectivity index (χ2v) is 4.74. The maximum absolute atomic E-state index is 10.2. The molecule has 17 heavy (non-hydrogen) atoms. The molecule has 0 radical (unpaired) electrons. The lowest BCUT2D eigenvalue weighted by atomic mass is 9.99. The van der Waals surface area contributed by atoms with Crippen molar-refractivity contribution in [3.05, 3.63) is 28.8 Å². The third-order valence-electron chi connectivity index (χ3n) is 3.12. The minimum atomic E-state index is -0.466. The van der Waals surface area contributed by atoms with Crippen LogP contribution in [0.2, 0.25) is 0 Å². The summed E-state index contributed by atoms with van der Waals surface area (Å²) in [5, 5.41) is 10.2. The molecule has 0 aliphatic heterocycles. The molecule has 3 heteroatoms. The Morgan fingerprint density at radius 1 is 1.29 bits per heavy atom. The fourth-order valence-corrected chi connectivity index (χ4v) is 1.88. The van der Waals surface area contributed by atoms with E-state index in [1.807, 2.05) is 40.1 Å². The van der Waals surface area contributed by atoms with Crippen molar-refractivity contribution in [3.8, 4) is 5.75 Å². The Balaban J connectivity index is 2.93. The van der Waals surface area contributed by atoms with Crippen LogP contribution in [0.15, 0.2) is 12.1 Å². The maximum Gasteiger partial charge on any atom is 0.127 e. The summed E-state index contributed by atoms with van der Waals surface area (Å²) in [6, 6.07) is 3.99. The van der Waals surface area contributed by atoms with E-state index < -0.39 is 6.10 Å². The molecule has 0 fully saturated rings. The molecule has 1 aromatic carbocycles. The van der Waals surface area contributed by atoms with Crippen LogP contribution in [0.5, 0.6) is 5.75 Å². The van der Waals surface area contributed by atoms with Crippen molar-refractivity contribution in [1.82, 2.24) is 4.90 Å². The Morgan fingerprint density at radius 2 is 1.94 bits per heavy atom. The Hall–Kier alpha value is -1.06. The molecule has 0 aliphatic carbocycles. The zero-order valence-electron chi connectivity index (χ0n) is 11.4. The summed E-state index contributed by atoms with van der Waals surface area (Å²) in [5.74, 6) is 0.816. The number of rotatable bonds is 5. The third kappa shape index (κ3) is 3.45. The van der Waals surface area contributed by atoms with Gasteiger partial charge in [0.25, 0.3) is 0 Å². The van der Waals surface area contributed by atoms with Crippen LogP contribution in [0, 0.1) is 13.8 Å². The highest BCUT2D eigenvalue weighted by Crippen LogP contribution is 2.32. The van der Waals surface area contributed by atoms with E-state index in [0.29, 0.717) is 6.42 Å². The molecule has 1 atom stereocenters. The number of aliphatic hydroxyl groups is 1. The van der Waals surface area contributed by atoms with Crippen LogP contribution in [-0.2, 0) is 0 Å². The minimum Gasteiger partial charge on any atom is -0.496 e. The molecule has 3 nitrogen and oxygen atoms in total. The van der Waals surface area contributed by atoms with Gasteiger partial charge in [0.1, 0.15) is 5.75 Å². The van der Waals surface area contributed by atoms with Crippen LogP contribution in [0.1, 0.15) is 29.2 Å². The summed E-state index contributed by atoms with van der Waals surface area (Å²) >= 11 is 0. The molecular weight excluding hydrogens is 214 g/mol. The lowest BCUT2D eigenvalue weighted by Gasteiger charge is -2.19. The Bertz CT molecular complexity index is 375. The summed E-state index contributed by atoms with van der Waals surface area (Å²) in [5.41, 5.74) is 3.18. The van der Waals surface area contributed by atoms with Gasteiger partial charge in [-0.05, 0) is 45.5 Å². The highest BCUT2D eigenvalue weighted by Gasteiger charge is 2.16. The van der Waals surface area contributed by atoms with Gasteiger partial charge in [0.05, 0.1) is 13.2 Å². The molecule has 1 rings (SSSR count). The largest absolute Gasteiger partial charge is 0.496 e. The first-order valence-corrected chi connectivity index (χ1v) is 5.94. The van der Waals surface area contributed by atoms with E-state index in [1.165, 1.54) is 5.56 Å². The average molecular weight is 237 g/mol. The Morgan fingerprint density at radius 3 is 2.47 bits per heavy atom. The summed E-state index contributed by atoms with van der Waals surface area (Å²) in [4.78, 5) is 2.07. The van der Waals surface area contributed by atoms with Crippen molar-refractivity contribution in [2.45, 2.75) is 26.4 Å². The predicted octanol–water partition coefficient (Wildman–Crippen LogP) is 2.30. The molecule has 0 amide bonds. The first kappa shape index (κ1) is 14.0. The van der Waals surface area contributed by atoms with E-state index in [0.717, 1.165) is 23.4 Å². The summed E-state index contributed by atoms with van der Waals surface area (Å²) in [7, 11) is 5.67. The number of hydrogen-bond acceptors (Lipinski definition) is 3. The Kier molecular flexibility index (Phi) is 4.97. The van der Waals surface area contributed by atoms with E-state index in [4.69, 9.17) is 4.74 Å². The first-order valence-electron chi connectivity index (χ1n) is 5.94. The zero-order valence-corrected chi connectivity index (χ0v) is 11.4. The lowest BCUT2D eigenvalue weighted by molar-refractivity contribution is 0.150. The van der Waals surface area contributed by atoms with Gasteiger partial charge in [-0.3, -0.25) is 0 Å². The first-order chi connectivity index (χ1) is 7.97. The van der Waals surface area contributed by atoms with Crippen LogP contribution in [0.25, 0.3) is 0 Å². The minimum absolute atomic E-state index is 0.466. The predicted molar refractivity (Wildman–Crippen MR) is 70.6 cm³/mol. The highest BCUT2D eigenvalue weighted by molar-refractivity contribution is 5.46. The summed E-state index contributed by atoms with van der Waals surface area (Å²) in [6.45, 7) is 4.93. The molecule has 0 bridgehead atoms.